The molecule has 1 aromatic rings. The zero-order valence-electron chi connectivity index (χ0n) is 9.77. The van der Waals surface area contributed by atoms with E-state index in [1.165, 1.54) is 11.4 Å². The van der Waals surface area contributed by atoms with Gasteiger partial charge in [0.15, 0.2) is 5.71 Å². The minimum atomic E-state index is -3.18. The van der Waals surface area contributed by atoms with Crippen molar-refractivity contribution in [3.8, 4) is 0 Å². The van der Waals surface area contributed by atoms with Gasteiger partial charge in [0.2, 0.25) is 10.0 Å². The summed E-state index contributed by atoms with van der Waals surface area (Å²) >= 11 is 0. The number of benzene rings is 1. The monoisotopic (exact) mass is 241 g/mol. The molecule has 1 rings (SSSR count). The number of likely N-dealkylation sites (N-methyl/N-ethyl adjacent to an activating group) is 1. The van der Waals surface area contributed by atoms with Gasteiger partial charge in [0, 0.05) is 12.6 Å². The number of hydrogen-bond acceptors (Lipinski definition) is 2. The maximum atomic E-state index is 11.2. The fraction of sp³-hybridized carbons (Fsp3) is 0.364. The van der Waals surface area contributed by atoms with Crippen LogP contribution in [0.4, 0.5) is 0 Å². The molecule has 0 aliphatic heterocycles. The molecule has 0 bridgehead atoms. The summed E-state index contributed by atoms with van der Waals surface area (Å²) in [7, 11) is -1.67. The van der Waals surface area contributed by atoms with Gasteiger partial charge in [-0.1, -0.05) is 17.7 Å². The van der Waals surface area contributed by atoms with E-state index >= 15 is 0 Å². The molecule has 16 heavy (non-hydrogen) atoms. The molecular weight excluding hydrogens is 224 g/mol. The van der Waals surface area contributed by atoms with E-state index in [1.807, 2.05) is 31.2 Å². The molecule has 4 nitrogen and oxygen atoms in total. The van der Waals surface area contributed by atoms with Crippen LogP contribution in [0, 0.1) is 6.92 Å². The first-order chi connectivity index (χ1) is 7.30. The quantitative estimate of drug-likeness (QED) is 0.718. The Hall–Kier alpha value is -1.20. The second kappa shape index (κ2) is 4.76. The van der Waals surface area contributed by atoms with Crippen LogP contribution in [-0.2, 0) is 10.0 Å². The molecule has 2 N–H and O–H groups in total. The molecule has 0 fully saturated rings. The zero-order valence-corrected chi connectivity index (χ0v) is 10.6. The SMILES string of the molecule is Cc1ccc(C(=[NH2+])CN(C)S(C)(=O)=O)cc1. The average molecular weight is 241 g/mol. The third kappa shape index (κ3) is 3.43. The number of nitrogens with zero attached hydrogens (tertiary/aromatic N) is 1. The van der Waals surface area contributed by atoms with Gasteiger partial charge in [-0.05, 0) is 19.1 Å². The smallest absolute Gasteiger partial charge is 0.211 e. The van der Waals surface area contributed by atoms with Crippen molar-refractivity contribution in [1.82, 2.24) is 4.31 Å². The largest absolute Gasteiger partial charge is 0.256 e. The second-order valence-electron chi connectivity index (χ2n) is 3.91. The van der Waals surface area contributed by atoms with Crippen molar-refractivity contribution in [2.75, 3.05) is 19.8 Å². The van der Waals surface area contributed by atoms with Crippen LogP contribution in [0.5, 0.6) is 0 Å². The van der Waals surface area contributed by atoms with E-state index in [1.54, 1.807) is 0 Å². The lowest BCUT2D eigenvalue weighted by Crippen LogP contribution is -2.47. The highest BCUT2D eigenvalue weighted by Gasteiger charge is 2.16. The van der Waals surface area contributed by atoms with Crippen LogP contribution in [0.15, 0.2) is 24.3 Å². The average Bonchev–Trinajstić information content (AvgIpc) is 2.17. The van der Waals surface area contributed by atoms with Crippen molar-refractivity contribution in [2.45, 2.75) is 6.92 Å². The third-order valence-corrected chi connectivity index (χ3v) is 3.64. The van der Waals surface area contributed by atoms with Crippen molar-refractivity contribution in [1.29, 1.82) is 0 Å². The molecule has 88 valence electrons. The number of rotatable bonds is 4. The summed E-state index contributed by atoms with van der Waals surface area (Å²) in [5.74, 6) is 0. The molecule has 0 radical (unpaired) electrons. The molecule has 0 spiro atoms. The summed E-state index contributed by atoms with van der Waals surface area (Å²) in [6, 6.07) is 7.67. The third-order valence-electron chi connectivity index (χ3n) is 2.38. The lowest BCUT2D eigenvalue weighted by Gasteiger charge is -2.11. The van der Waals surface area contributed by atoms with Crippen LogP contribution in [-0.4, -0.2) is 38.3 Å². The molecule has 0 unspecified atom stereocenters. The van der Waals surface area contributed by atoms with Gasteiger partial charge in [0.25, 0.3) is 0 Å². The number of sulfonamides is 1. The van der Waals surface area contributed by atoms with Gasteiger partial charge in [0.1, 0.15) is 0 Å². The minimum Gasteiger partial charge on any atom is -0.256 e. The van der Waals surface area contributed by atoms with Gasteiger partial charge in [-0.15, -0.1) is 0 Å². The predicted octanol–water partition coefficient (Wildman–Crippen LogP) is -0.565. The van der Waals surface area contributed by atoms with Gasteiger partial charge in [-0.25, -0.2) is 8.42 Å². The molecule has 0 heterocycles. The van der Waals surface area contributed by atoms with Crippen molar-refractivity contribution < 1.29 is 13.8 Å². The Bertz CT molecular complexity index is 477. The van der Waals surface area contributed by atoms with Gasteiger partial charge in [0.05, 0.1) is 12.8 Å². The summed E-state index contributed by atoms with van der Waals surface area (Å²) in [6.45, 7) is 2.20. The Balaban J connectivity index is 2.77. The van der Waals surface area contributed by atoms with Crippen LogP contribution >= 0.6 is 0 Å². The van der Waals surface area contributed by atoms with Crippen LogP contribution < -0.4 is 5.41 Å². The number of aryl methyl sites for hydroxylation is 1. The van der Waals surface area contributed by atoms with Crippen LogP contribution in [0.25, 0.3) is 0 Å². The van der Waals surface area contributed by atoms with Gasteiger partial charge in [-0.2, -0.15) is 4.31 Å². The Labute approximate surface area is 96.5 Å². The summed E-state index contributed by atoms with van der Waals surface area (Å²) < 4.78 is 23.6. The van der Waals surface area contributed by atoms with Crippen molar-refractivity contribution in [2.24, 2.45) is 0 Å². The zero-order chi connectivity index (χ0) is 12.3. The molecule has 0 aromatic heterocycles. The topological polar surface area (TPSA) is 63.0 Å². The molecule has 0 saturated carbocycles. The Morgan fingerprint density at radius 3 is 2.25 bits per heavy atom. The predicted molar refractivity (Wildman–Crippen MR) is 64.7 cm³/mol. The summed E-state index contributed by atoms with van der Waals surface area (Å²) in [5.41, 5.74) is 2.56. The van der Waals surface area contributed by atoms with Gasteiger partial charge < -0.3 is 0 Å². The van der Waals surface area contributed by atoms with E-state index < -0.39 is 10.0 Å². The maximum Gasteiger partial charge on any atom is 0.211 e. The highest BCUT2D eigenvalue weighted by molar-refractivity contribution is 7.88. The van der Waals surface area contributed by atoms with Crippen LogP contribution in [0.2, 0.25) is 0 Å². The van der Waals surface area contributed by atoms with E-state index in [2.05, 4.69) is 0 Å². The summed E-state index contributed by atoms with van der Waals surface area (Å²) in [4.78, 5) is 0. The molecule has 0 amide bonds. The molecule has 0 aliphatic rings. The van der Waals surface area contributed by atoms with Crippen molar-refractivity contribution in [3.63, 3.8) is 0 Å². The lowest BCUT2D eigenvalue weighted by atomic mass is 10.1. The van der Waals surface area contributed by atoms with E-state index in [0.29, 0.717) is 5.71 Å². The van der Waals surface area contributed by atoms with E-state index in [4.69, 9.17) is 5.41 Å². The minimum absolute atomic E-state index is 0.210. The lowest BCUT2D eigenvalue weighted by molar-refractivity contribution is -0.115. The summed E-state index contributed by atoms with van der Waals surface area (Å²) in [6.07, 6.45) is 1.16. The Morgan fingerprint density at radius 2 is 1.81 bits per heavy atom. The molecular formula is C11H17N2O2S+. The van der Waals surface area contributed by atoms with Gasteiger partial charge in [-0.3, -0.25) is 5.41 Å². The Morgan fingerprint density at radius 1 is 1.31 bits per heavy atom. The first-order valence-corrected chi connectivity index (χ1v) is 6.75. The standard InChI is InChI=1S/C11H16N2O2S/c1-9-4-6-10(7-5-9)11(12)8-13(2)16(3,14)15/h4-7,12H,8H2,1-3H3/p+1. The van der Waals surface area contributed by atoms with Crippen LogP contribution in [0.3, 0.4) is 0 Å². The highest BCUT2D eigenvalue weighted by atomic mass is 32.2. The first kappa shape index (κ1) is 12.9. The van der Waals surface area contributed by atoms with Crippen molar-refractivity contribution >= 4 is 15.7 Å². The highest BCUT2D eigenvalue weighted by Crippen LogP contribution is 2.04. The van der Waals surface area contributed by atoms with Gasteiger partial charge >= 0.3 is 0 Å². The normalized spacial score (nSPS) is 11.8. The maximum absolute atomic E-state index is 11.2. The molecule has 1 aromatic carbocycles. The van der Waals surface area contributed by atoms with Crippen molar-refractivity contribution in [3.05, 3.63) is 35.4 Å². The van der Waals surface area contributed by atoms with Crippen LogP contribution in [0.1, 0.15) is 11.1 Å². The molecule has 0 atom stereocenters. The fourth-order valence-corrected chi connectivity index (χ4v) is 1.59. The molecule has 5 heteroatoms. The first-order valence-electron chi connectivity index (χ1n) is 4.90. The Kier molecular flexibility index (Phi) is 3.83. The number of nitrogens with two attached hydrogens (primary N) is 1. The molecule has 0 aliphatic carbocycles. The number of hydrogen-bond donors (Lipinski definition) is 1. The molecule has 0 saturated heterocycles. The van der Waals surface area contributed by atoms with E-state index in [-0.39, 0.29) is 6.54 Å². The van der Waals surface area contributed by atoms with E-state index in [9.17, 15) is 8.42 Å². The fourth-order valence-electron chi connectivity index (χ4n) is 1.22. The van der Waals surface area contributed by atoms with E-state index in [0.717, 1.165) is 17.4 Å². The summed E-state index contributed by atoms with van der Waals surface area (Å²) in [5, 5.41) is 5.85. The second-order valence-corrected chi connectivity index (χ2v) is 6.00.